The van der Waals surface area contributed by atoms with E-state index in [0.717, 1.165) is 16.3 Å². The molecular formula is C18H13N3O2. The van der Waals surface area contributed by atoms with E-state index in [0.29, 0.717) is 11.5 Å². The smallest absolute Gasteiger partial charge is 0.238 e. The summed E-state index contributed by atoms with van der Waals surface area (Å²) in [4.78, 5) is 20.7. The summed E-state index contributed by atoms with van der Waals surface area (Å²) >= 11 is 0. The molecule has 1 aliphatic rings. The molecule has 0 bridgehead atoms. The summed E-state index contributed by atoms with van der Waals surface area (Å²) in [7, 11) is 0. The van der Waals surface area contributed by atoms with Gasteiger partial charge in [0.05, 0.1) is 5.69 Å². The van der Waals surface area contributed by atoms with Crippen molar-refractivity contribution in [1.82, 2.24) is 4.98 Å². The van der Waals surface area contributed by atoms with Crippen molar-refractivity contribution >= 4 is 34.4 Å². The minimum absolute atomic E-state index is 0.134. The van der Waals surface area contributed by atoms with E-state index >= 15 is 0 Å². The van der Waals surface area contributed by atoms with E-state index in [1.54, 1.807) is 30.6 Å². The Morgan fingerprint density at radius 2 is 1.91 bits per heavy atom. The number of hydrogen-bond acceptors (Lipinski definition) is 4. The highest BCUT2D eigenvalue weighted by Gasteiger charge is 2.29. The third-order valence-electron chi connectivity index (χ3n) is 3.94. The number of carbonyl (C=O) groups excluding carboxylic acids is 1. The number of rotatable bonds is 2. The van der Waals surface area contributed by atoms with Crippen molar-refractivity contribution in [1.29, 1.82) is 0 Å². The van der Waals surface area contributed by atoms with Gasteiger partial charge in [-0.1, -0.05) is 30.3 Å². The Balaban J connectivity index is 1.76. The van der Waals surface area contributed by atoms with E-state index < -0.39 is 5.92 Å². The van der Waals surface area contributed by atoms with Crippen LogP contribution in [0.1, 0.15) is 11.5 Å². The van der Waals surface area contributed by atoms with Crippen molar-refractivity contribution in [2.24, 2.45) is 4.99 Å². The number of carbonyl (C=O) groups is 1. The molecule has 5 heteroatoms. The van der Waals surface area contributed by atoms with E-state index in [4.69, 9.17) is 0 Å². The van der Waals surface area contributed by atoms with Gasteiger partial charge >= 0.3 is 0 Å². The van der Waals surface area contributed by atoms with Crippen LogP contribution in [0.25, 0.3) is 10.8 Å². The van der Waals surface area contributed by atoms with Crippen LogP contribution in [0.3, 0.4) is 0 Å². The van der Waals surface area contributed by atoms with Gasteiger partial charge in [-0.3, -0.25) is 9.79 Å². The lowest BCUT2D eigenvalue weighted by Gasteiger charge is -2.05. The van der Waals surface area contributed by atoms with Gasteiger partial charge in [0.25, 0.3) is 0 Å². The van der Waals surface area contributed by atoms with E-state index in [9.17, 15) is 9.90 Å². The van der Waals surface area contributed by atoms with Gasteiger partial charge in [0.2, 0.25) is 5.91 Å². The topological polar surface area (TPSA) is 74.6 Å². The van der Waals surface area contributed by atoms with Crippen LogP contribution in [0, 0.1) is 0 Å². The number of nitrogens with zero attached hydrogens (tertiary/aromatic N) is 2. The number of fused-ring (bicyclic) bond motifs is 2. The summed E-state index contributed by atoms with van der Waals surface area (Å²) in [6, 6.07) is 14.5. The molecule has 5 nitrogen and oxygen atoms in total. The Labute approximate surface area is 132 Å². The zero-order chi connectivity index (χ0) is 15.8. The van der Waals surface area contributed by atoms with Gasteiger partial charge in [0.1, 0.15) is 17.5 Å². The van der Waals surface area contributed by atoms with Gasteiger partial charge in [0.15, 0.2) is 0 Å². The van der Waals surface area contributed by atoms with E-state index in [-0.39, 0.29) is 11.7 Å². The number of aliphatic imine (C=N–C) groups is 1. The van der Waals surface area contributed by atoms with Crippen molar-refractivity contribution in [3.8, 4) is 5.75 Å². The Morgan fingerprint density at radius 3 is 2.78 bits per heavy atom. The Morgan fingerprint density at radius 1 is 1.09 bits per heavy atom. The highest BCUT2D eigenvalue weighted by atomic mass is 16.3. The molecule has 3 aromatic rings. The molecule has 1 atom stereocenters. The first-order valence-corrected chi connectivity index (χ1v) is 7.25. The van der Waals surface area contributed by atoms with Crippen LogP contribution in [0.4, 0.5) is 11.5 Å². The number of aromatic hydroxyl groups is 1. The number of benzene rings is 2. The van der Waals surface area contributed by atoms with Crippen LogP contribution in [-0.2, 0) is 4.79 Å². The first-order chi connectivity index (χ1) is 11.2. The summed E-state index contributed by atoms with van der Waals surface area (Å²) in [5.74, 6) is 0.217. The van der Waals surface area contributed by atoms with Crippen molar-refractivity contribution < 1.29 is 9.90 Å². The molecule has 0 spiro atoms. The van der Waals surface area contributed by atoms with Gasteiger partial charge < -0.3 is 10.4 Å². The molecule has 0 fully saturated rings. The highest BCUT2D eigenvalue weighted by molar-refractivity contribution is 6.12. The van der Waals surface area contributed by atoms with Crippen LogP contribution in [-0.4, -0.2) is 22.2 Å². The third kappa shape index (κ3) is 2.23. The lowest BCUT2D eigenvalue weighted by atomic mass is 10.0. The third-order valence-corrected chi connectivity index (χ3v) is 3.94. The molecule has 23 heavy (non-hydrogen) atoms. The van der Waals surface area contributed by atoms with Crippen molar-refractivity contribution in [2.75, 3.05) is 5.32 Å². The minimum atomic E-state index is -0.453. The molecule has 0 radical (unpaired) electrons. The van der Waals surface area contributed by atoms with Crippen LogP contribution >= 0.6 is 0 Å². The van der Waals surface area contributed by atoms with Gasteiger partial charge in [-0.15, -0.1) is 0 Å². The maximum absolute atomic E-state index is 12.1. The highest BCUT2D eigenvalue weighted by Crippen LogP contribution is 2.34. The summed E-state index contributed by atoms with van der Waals surface area (Å²) < 4.78 is 0. The number of phenols is 1. The zero-order valence-electron chi connectivity index (χ0n) is 12.1. The molecule has 0 saturated carbocycles. The van der Waals surface area contributed by atoms with Crippen LogP contribution in [0.5, 0.6) is 5.75 Å². The maximum atomic E-state index is 12.1. The Hall–Kier alpha value is -3.21. The Kier molecular flexibility index (Phi) is 3.05. The predicted molar refractivity (Wildman–Crippen MR) is 89.4 cm³/mol. The normalized spacial score (nSPS) is 16.7. The molecule has 1 amide bonds. The lowest BCUT2D eigenvalue weighted by molar-refractivity contribution is -0.115. The van der Waals surface area contributed by atoms with E-state index in [1.165, 1.54) is 0 Å². The molecule has 0 saturated heterocycles. The van der Waals surface area contributed by atoms with Gasteiger partial charge in [-0.2, -0.15) is 0 Å². The number of anilines is 1. The molecular weight excluding hydrogens is 290 g/mol. The number of pyridine rings is 1. The molecule has 0 aliphatic carbocycles. The second-order valence-electron chi connectivity index (χ2n) is 5.34. The largest absolute Gasteiger partial charge is 0.507 e. The first kappa shape index (κ1) is 13.5. The minimum Gasteiger partial charge on any atom is -0.507 e. The van der Waals surface area contributed by atoms with Crippen LogP contribution in [0.2, 0.25) is 0 Å². The standard InChI is InChI=1S/C18H13N3O2/c22-16-8-7-15(11-4-1-2-5-12(11)16)20-10-14-13-6-3-9-19-17(13)21-18(14)23/h1-10,14,22H,(H,19,21,23). The van der Waals surface area contributed by atoms with Gasteiger partial charge in [0, 0.05) is 28.7 Å². The van der Waals surface area contributed by atoms with Crippen molar-refractivity contribution in [3.63, 3.8) is 0 Å². The summed E-state index contributed by atoms with van der Waals surface area (Å²) in [6.07, 6.45) is 3.27. The molecule has 2 heterocycles. The van der Waals surface area contributed by atoms with Crippen molar-refractivity contribution in [2.45, 2.75) is 5.92 Å². The average molecular weight is 303 g/mol. The molecule has 112 valence electrons. The number of hydrogen-bond donors (Lipinski definition) is 2. The van der Waals surface area contributed by atoms with Crippen LogP contribution in [0.15, 0.2) is 59.7 Å². The number of aromatic nitrogens is 1. The molecule has 2 N–H and O–H groups in total. The fourth-order valence-electron chi connectivity index (χ4n) is 2.79. The van der Waals surface area contributed by atoms with E-state index in [2.05, 4.69) is 15.3 Å². The number of nitrogens with one attached hydrogen (secondary N) is 1. The fourth-order valence-corrected chi connectivity index (χ4v) is 2.79. The molecule has 4 rings (SSSR count). The lowest BCUT2D eigenvalue weighted by Crippen LogP contribution is -2.12. The van der Waals surface area contributed by atoms with E-state index in [1.807, 2.05) is 30.3 Å². The van der Waals surface area contributed by atoms with Gasteiger partial charge in [-0.05, 0) is 18.2 Å². The molecule has 2 aromatic carbocycles. The summed E-state index contributed by atoms with van der Waals surface area (Å²) in [5, 5.41) is 14.2. The number of amides is 1. The SMILES string of the molecule is O=C1Nc2ncccc2C1C=Nc1ccc(O)c2ccccc12. The second-order valence-corrected chi connectivity index (χ2v) is 5.34. The predicted octanol–water partition coefficient (Wildman–Crippen LogP) is 3.38. The fraction of sp³-hybridized carbons (Fsp3) is 0.0556. The van der Waals surface area contributed by atoms with Crippen LogP contribution < -0.4 is 5.32 Å². The number of phenolic OH excluding ortho intramolecular Hbond substituents is 1. The first-order valence-electron chi connectivity index (χ1n) is 7.25. The summed E-state index contributed by atoms with van der Waals surface area (Å²) in [5.41, 5.74) is 1.54. The summed E-state index contributed by atoms with van der Waals surface area (Å²) in [6.45, 7) is 0. The Bertz CT molecular complexity index is 950. The monoisotopic (exact) mass is 303 g/mol. The average Bonchev–Trinajstić information content (AvgIpc) is 2.90. The molecule has 1 aliphatic heterocycles. The maximum Gasteiger partial charge on any atom is 0.238 e. The van der Waals surface area contributed by atoms with Crippen molar-refractivity contribution in [3.05, 3.63) is 60.3 Å². The quantitative estimate of drug-likeness (QED) is 0.713. The molecule has 1 aromatic heterocycles. The second kappa shape index (κ2) is 5.21. The molecule has 1 unspecified atom stereocenters. The van der Waals surface area contributed by atoms with Gasteiger partial charge in [-0.25, -0.2) is 4.98 Å². The zero-order valence-corrected chi connectivity index (χ0v) is 12.1.